The quantitative estimate of drug-likeness (QED) is 0.669. The highest BCUT2D eigenvalue weighted by molar-refractivity contribution is 6.00. The largest absolute Gasteiger partial charge is 0.443 e. The molecule has 0 saturated carbocycles. The van der Waals surface area contributed by atoms with Gasteiger partial charge in [0.1, 0.15) is 5.60 Å². The van der Waals surface area contributed by atoms with Crippen LogP contribution in [0.25, 0.3) is 5.57 Å². The summed E-state index contributed by atoms with van der Waals surface area (Å²) in [5.74, 6) is 0. The van der Waals surface area contributed by atoms with Gasteiger partial charge in [0.25, 0.3) is 0 Å². The summed E-state index contributed by atoms with van der Waals surface area (Å²) in [6.45, 7) is 5.87. The molecule has 1 aliphatic heterocycles. The van der Waals surface area contributed by atoms with Gasteiger partial charge in [-0.2, -0.15) is 5.26 Å². The van der Waals surface area contributed by atoms with Crippen molar-refractivity contribution in [3.05, 3.63) is 35.9 Å². The molecule has 0 aliphatic carbocycles. The van der Waals surface area contributed by atoms with E-state index in [0.717, 1.165) is 16.8 Å². The molecule has 0 unspecified atom stereocenters. The van der Waals surface area contributed by atoms with Gasteiger partial charge in [0, 0.05) is 11.6 Å². The minimum atomic E-state index is -0.534. The van der Waals surface area contributed by atoms with Crippen LogP contribution in [0.5, 0.6) is 0 Å². The maximum Gasteiger partial charge on any atom is 0.415 e. The second-order valence-corrected chi connectivity index (χ2v) is 5.38. The van der Waals surface area contributed by atoms with Crippen molar-refractivity contribution >= 4 is 17.4 Å². The van der Waals surface area contributed by atoms with Crippen molar-refractivity contribution in [2.24, 2.45) is 0 Å². The third kappa shape index (κ3) is 2.76. The van der Waals surface area contributed by atoms with Crippen LogP contribution in [-0.4, -0.2) is 18.2 Å². The topological polar surface area (TPSA) is 53.3 Å². The van der Waals surface area contributed by atoms with E-state index in [0.29, 0.717) is 6.54 Å². The zero-order valence-corrected chi connectivity index (χ0v) is 11.3. The Kier molecular flexibility index (Phi) is 3.30. The summed E-state index contributed by atoms with van der Waals surface area (Å²) in [5.41, 5.74) is 2.00. The Morgan fingerprint density at radius 3 is 2.74 bits per heavy atom. The van der Waals surface area contributed by atoms with Gasteiger partial charge < -0.3 is 4.74 Å². The van der Waals surface area contributed by atoms with E-state index in [2.05, 4.69) is 0 Å². The van der Waals surface area contributed by atoms with Crippen molar-refractivity contribution in [2.45, 2.75) is 26.4 Å². The number of amides is 1. The van der Waals surface area contributed by atoms with E-state index in [4.69, 9.17) is 10.00 Å². The van der Waals surface area contributed by atoms with Crippen LogP contribution >= 0.6 is 0 Å². The molecule has 2 rings (SSSR count). The lowest BCUT2D eigenvalue weighted by molar-refractivity contribution is 0.0586. The van der Waals surface area contributed by atoms with Gasteiger partial charge >= 0.3 is 6.09 Å². The minimum absolute atomic E-state index is 0.377. The average molecular weight is 256 g/mol. The van der Waals surface area contributed by atoms with E-state index in [9.17, 15) is 4.79 Å². The molecule has 0 fully saturated rings. The fourth-order valence-electron chi connectivity index (χ4n) is 2.00. The van der Waals surface area contributed by atoms with Crippen LogP contribution < -0.4 is 4.90 Å². The predicted octanol–water partition coefficient (Wildman–Crippen LogP) is 3.35. The molecule has 1 aromatic carbocycles. The third-order valence-corrected chi connectivity index (χ3v) is 2.72. The second-order valence-electron chi connectivity index (χ2n) is 5.38. The summed E-state index contributed by atoms with van der Waals surface area (Å²) in [6.07, 6.45) is 1.09. The summed E-state index contributed by atoms with van der Waals surface area (Å²) >= 11 is 0. The van der Waals surface area contributed by atoms with Crippen LogP contribution in [0.15, 0.2) is 30.3 Å². The molecule has 0 saturated heterocycles. The van der Waals surface area contributed by atoms with E-state index in [1.807, 2.05) is 51.1 Å². The molecule has 4 nitrogen and oxygen atoms in total. The first kappa shape index (κ1) is 13.2. The number of benzene rings is 1. The van der Waals surface area contributed by atoms with Gasteiger partial charge in [0.15, 0.2) is 0 Å². The molecular weight excluding hydrogens is 240 g/mol. The lowest BCUT2D eigenvalue weighted by atomic mass is 10.1. The standard InChI is InChI=1S/C15H16N2O2/c1-15(2,3)19-14(18)17-10-11(8-9-16)12-6-4-5-7-13(12)17/h4-8H,10H2,1-3H3. The van der Waals surface area contributed by atoms with Crippen molar-refractivity contribution in [1.82, 2.24) is 0 Å². The maximum atomic E-state index is 12.2. The van der Waals surface area contributed by atoms with Crippen LogP contribution in [0.1, 0.15) is 26.3 Å². The van der Waals surface area contributed by atoms with Gasteiger partial charge in [-0.25, -0.2) is 4.79 Å². The molecule has 4 heteroatoms. The molecule has 0 N–H and O–H groups in total. The number of nitriles is 1. The van der Waals surface area contributed by atoms with Crippen molar-refractivity contribution in [2.75, 3.05) is 11.4 Å². The second kappa shape index (κ2) is 4.77. The number of rotatable bonds is 0. The SMILES string of the molecule is CC(C)(C)OC(=O)N1CC(=CC#N)c2ccccc21. The normalized spacial score (nSPS) is 16.1. The molecule has 1 aliphatic rings. The Labute approximate surface area is 112 Å². The first-order chi connectivity index (χ1) is 8.92. The van der Waals surface area contributed by atoms with Crippen LogP contribution in [0.3, 0.4) is 0 Å². The van der Waals surface area contributed by atoms with E-state index in [1.54, 1.807) is 4.90 Å². The number of carbonyl (C=O) groups is 1. The van der Waals surface area contributed by atoms with Gasteiger partial charge in [0.05, 0.1) is 18.3 Å². The number of hydrogen-bond acceptors (Lipinski definition) is 3. The van der Waals surface area contributed by atoms with Crippen LogP contribution in [0.4, 0.5) is 10.5 Å². The van der Waals surface area contributed by atoms with Gasteiger partial charge in [-0.05, 0) is 32.4 Å². The van der Waals surface area contributed by atoms with Crippen LogP contribution in [0, 0.1) is 11.3 Å². The molecule has 1 aromatic rings. The number of nitrogens with zero attached hydrogens (tertiary/aromatic N) is 2. The molecular formula is C15H16N2O2. The average Bonchev–Trinajstić information content (AvgIpc) is 2.67. The Morgan fingerprint density at radius 1 is 1.42 bits per heavy atom. The van der Waals surface area contributed by atoms with Gasteiger partial charge in [-0.1, -0.05) is 18.2 Å². The van der Waals surface area contributed by atoms with Crippen molar-refractivity contribution in [3.8, 4) is 6.07 Å². The van der Waals surface area contributed by atoms with Gasteiger partial charge in [-0.3, -0.25) is 4.90 Å². The number of para-hydroxylation sites is 1. The van der Waals surface area contributed by atoms with Crippen LogP contribution in [0.2, 0.25) is 0 Å². The van der Waals surface area contributed by atoms with Crippen molar-refractivity contribution in [3.63, 3.8) is 0 Å². The highest BCUT2D eigenvalue weighted by Crippen LogP contribution is 2.36. The lowest BCUT2D eigenvalue weighted by Gasteiger charge is -2.24. The van der Waals surface area contributed by atoms with Crippen LogP contribution in [-0.2, 0) is 4.74 Å². The Bertz CT molecular complexity index is 577. The molecule has 98 valence electrons. The van der Waals surface area contributed by atoms with Crippen molar-refractivity contribution in [1.29, 1.82) is 5.26 Å². The summed E-state index contributed by atoms with van der Waals surface area (Å²) < 4.78 is 5.38. The monoisotopic (exact) mass is 256 g/mol. The van der Waals surface area contributed by atoms with E-state index in [-0.39, 0.29) is 6.09 Å². The zero-order chi connectivity index (χ0) is 14.0. The Balaban J connectivity index is 2.34. The summed E-state index contributed by atoms with van der Waals surface area (Å²) in [4.78, 5) is 13.7. The Morgan fingerprint density at radius 2 is 2.11 bits per heavy atom. The van der Waals surface area contributed by atoms with Crippen molar-refractivity contribution < 1.29 is 9.53 Å². The minimum Gasteiger partial charge on any atom is -0.443 e. The zero-order valence-electron chi connectivity index (χ0n) is 11.3. The van der Waals surface area contributed by atoms with E-state index in [1.165, 1.54) is 6.08 Å². The molecule has 0 atom stereocenters. The fraction of sp³-hybridized carbons (Fsp3) is 0.333. The number of allylic oxidation sites excluding steroid dienone is 1. The third-order valence-electron chi connectivity index (χ3n) is 2.72. The molecule has 0 spiro atoms. The first-order valence-corrected chi connectivity index (χ1v) is 6.11. The molecule has 1 heterocycles. The highest BCUT2D eigenvalue weighted by Gasteiger charge is 2.31. The van der Waals surface area contributed by atoms with Gasteiger partial charge in [-0.15, -0.1) is 0 Å². The fourth-order valence-corrected chi connectivity index (χ4v) is 2.00. The molecule has 19 heavy (non-hydrogen) atoms. The van der Waals surface area contributed by atoms with E-state index < -0.39 is 5.60 Å². The van der Waals surface area contributed by atoms with E-state index >= 15 is 0 Å². The smallest absolute Gasteiger partial charge is 0.415 e. The Hall–Kier alpha value is -2.28. The lowest BCUT2D eigenvalue weighted by Crippen LogP contribution is -2.35. The predicted molar refractivity (Wildman–Crippen MR) is 73.6 cm³/mol. The molecule has 0 bridgehead atoms. The van der Waals surface area contributed by atoms with Gasteiger partial charge in [0.2, 0.25) is 0 Å². The summed E-state index contributed by atoms with van der Waals surface area (Å²) in [5, 5.41) is 8.80. The number of carbonyl (C=O) groups excluding carboxylic acids is 1. The number of fused-ring (bicyclic) bond motifs is 1. The molecule has 0 aromatic heterocycles. The number of hydrogen-bond donors (Lipinski definition) is 0. The number of ether oxygens (including phenoxy) is 1. The first-order valence-electron chi connectivity index (χ1n) is 6.11. The highest BCUT2D eigenvalue weighted by atomic mass is 16.6. The molecule has 1 amide bonds. The maximum absolute atomic E-state index is 12.2. The summed E-state index contributed by atoms with van der Waals surface area (Å²) in [7, 11) is 0. The summed E-state index contributed by atoms with van der Waals surface area (Å²) in [6, 6.07) is 9.54. The number of anilines is 1. The molecule has 0 radical (unpaired) electrons.